The van der Waals surface area contributed by atoms with Crippen molar-refractivity contribution in [2.24, 2.45) is 11.8 Å². The maximum atomic E-state index is 12.7. The maximum absolute atomic E-state index is 12.7. The molecular weight excluding hydrogens is 296 g/mol. The summed E-state index contributed by atoms with van der Waals surface area (Å²) in [5, 5.41) is 9.33. The first-order valence-corrected chi connectivity index (χ1v) is 7.90. The lowest BCUT2D eigenvalue weighted by molar-refractivity contribution is -0.143. The van der Waals surface area contributed by atoms with Gasteiger partial charge in [-0.05, 0) is 44.9 Å². The van der Waals surface area contributed by atoms with Crippen molar-refractivity contribution >= 4 is 11.8 Å². The fourth-order valence-corrected chi connectivity index (χ4v) is 2.80. The predicted molar refractivity (Wildman–Crippen MR) is 86.1 cm³/mol. The molecule has 1 aromatic carbocycles. The van der Waals surface area contributed by atoms with E-state index in [1.54, 1.807) is 18.2 Å². The number of hydrogen-bond acceptors (Lipinski definition) is 4. The maximum Gasteiger partial charge on any atom is 0.307 e. The zero-order valence-electron chi connectivity index (χ0n) is 13.5. The Bertz CT molecular complexity index is 605. The second-order valence-corrected chi connectivity index (χ2v) is 5.39. The molecule has 2 rings (SSSR count). The summed E-state index contributed by atoms with van der Waals surface area (Å²) in [6.07, 6.45) is 4.54. The second kappa shape index (κ2) is 7.81. The van der Waals surface area contributed by atoms with E-state index in [0.717, 1.165) is 0 Å². The highest BCUT2D eigenvalue weighted by Crippen LogP contribution is 2.33. The Morgan fingerprint density at radius 3 is 2.26 bits per heavy atom. The quantitative estimate of drug-likeness (QED) is 0.616. The van der Waals surface area contributed by atoms with Crippen LogP contribution in [0, 0.1) is 11.8 Å². The van der Waals surface area contributed by atoms with Crippen LogP contribution < -0.4 is 9.47 Å². The molecule has 5 heteroatoms. The summed E-state index contributed by atoms with van der Waals surface area (Å²) in [6, 6.07) is 5.03. The third-order valence-corrected chi connectivity index (χ3v) is 3.91. The van der Waals surface area contributed by atoms with E-state index in [9.17, 15) is 14.7 Å². The zero-order valence-corrected chi connectivity index (χ0v) is 13.5. The van der Waals surface area contributed by atoms with Crippen LogP contribution in [-0.4, -0.2) is 30.1 Å². The molecule has 2 atom stereocenters. The monoisotopic (exact) mass is 318 g/mol. The largest absolute Gasteiger partial charge is 0.490 e. The molecule has 124 valence electrons. The molecule has 0 fully saturated rings. The molecule has 0 bridgehead atoms. The van der Waals surface area contributed by atoms with Crippen molar-refractivity contribution in [2.75, 3.05) is 13.2 Å². The molecule has 1 aliphatic carbocycles. The Morgan fingerprint density at radius 1 is 1.04 bits per heavy atom. The van der Waals surface area contributed by atoms with Crippen molar-refractivity contribution in [1.82, 2.24) is 0 Å². The summed E-state index contributed by atoms with van der Waals surface area (Å²) in [5.74, 6) is -1.20. The van der Waals surface area contributed by atoms with Gasteiger partial charge in [0.05, 0.1) is 19.1 Å². The molecule has 1 aliphatic rings. The van der Waals surface area contributed by atoms with Gasteiger partial charge in [0.15, 0.2) is 17.3 Å². The number of ether oxygens (including phenoxy) is 2. The van der Waals surface area contributed by atoms with E-state index < -0.39 is 17.8 Å². The molecule has 1 N–H and O–H groups in total. The van der Waals surface area contributed by atoms with Gasteiger partial charge in [-0.3, -0.25) is 9.59 Å². The van der Waals surface area contributed by atoms with Crippen LogP contribution >= 0.6 is 0 Å². The zero-order chi connectivity index (χ0) is 16.8. The first kappa shape index (κ1) is 17.1. The van der Waals surface area contributed by atoms with Gasteiger partial charge in [0.25, 0.3) is 0 Å². The number of carboxylic acid groups (broad SMARTS) is 1. The van der Waals surface area contributed by atoms with Gasteiger partial charge in [0.1, 0.15) is 0 Å². The molecule has 0 heterocycles. The van der Waals surface area contributed by atoms with E-state index in [-0.39, 0.29) is 5.78 Å². The summed E-state index contributed by atoms with van der Waals surface area (Å²) in [7, 11) is 0. The molecule has 1 aromatic rings. The molecule has 23 heavy (non-hydrogen) atoms. The molecular formula is C18H22O5. The van der Waals surface area contributed by atoms with Crippen LogP contribution in [0.4, 0.5) is 0 Å². The molecule has 5 nitrogen and oxygen atoms in total. The topological polar surface area (TPSA) is 72.8 Å². The minimum Gasteiger partial charge on any atom is -0.490 e. The molecule has 0 saturated carbocycles. The van der Waals surface area contributed by atoms with Gasteiger partial charge in [-0.25, -0.2) is 0 Å². The lowest BCUT2D eigenvalue weighted by atomic mass is 9.78. The molecule has 0 spiro atoms. The standard InChI is InChI=1S/C18H22O5/c1-3-22-15-10-9-12(11-16(15)23-4-2)17(19)13-7-5-6-8-14(13)18(20)21/h5-6,9-11,13-14H,3-4,7-8H2,1-2H3,(H,20,21)/t13-,14+/m0/s1. The number of rotatable bonds is 7. The van der Waals surface area contributed by atoms with Gasteiger partial charge in [0, 0.05) is 11.5 Å². The predicted octanol–water partition coefficient (Wildman–Crippen LogP) is 3.33. The van der Waals surface area contributed by atoms with Crippen molar-refractivity contribution in [3.63, 3.8) is 0 Å². The SMILES string of the molecule is CCOc1ccc(C(=O)[C@H]2CC=CC[C@H]2C(=O)O)cc1OCC. The minimum absolute atomic E-state index is 0.161. The smallest absolute Gasteiger partial charge is 0.307 e. The van der Waals surface area contributed by atoms with E-state index in [2.05, 4.69) is 0 Å². The van der Waals surface area contributed by atoms with Crippen LogP contribution in [0.15, 0.2) is 30.4 Å². The molecule has 0 radical (unpaired) electrons. The van der Waals surface area contributed by atoms with E-state index >= 15 is 0 Å². The Kier molecular flexibility index (Phi) is 5.79. The molecule has 0 aromatic heterocycles. The third kappa shape index (κ3) is 3.92. The van der Waals surface area contributed by atoms with Gasteiger partial charge in [-0.1, -0.05) is 12.2 Å². The number of hydrogen-bond donors (Lipinski definition) is 1. The van der Waals surface area contributed by atoms with Crippen LogP contribution in [-0.2, 0) is 4.79 Å². The van der Waals surface area contributed by atoms with E-state index in [4.69, 9.17) is 9.47 Å². The lowest BCUT2D eigenvalue weighted by Gasteiger charge is -2.24. The van der Waals surface area contributed by atoms with E-state index in [1.165, 1.54) is 0 Å². The van der Waals surface area contributed by atoms with Crippen LogP contribution in [0.2, 0.25) is 0 Å². The number of carbonyl (C=O) groups is 2. The van der Waals surface area contributed by atoms with Crippen molar-refractivity contribution in [3.8, 4) is 11.5 Å². The number of ketones is 1. The summed E-state index contributed by atoms with van der Waals surface area (Å²) >= 11 is 0. The molecule has 0 aliphatic heterocycles. The summed E-state index contributed by atoms with van der Waals surface area (Å²) in [5.41, 5.74) is 0.462. The number of carbonyl (C=O) groups excluding carboxylic acids is 1. The number of allylic oxidation sites excluding steroid dienone is 2. The Balaban J connectivity index is 2.29. The highest BCUT2D eigenvalue weighted by atomic mass is 16.5. The third-order valence-electron chi connectivity index (χ3n) is 3.91. The van der Waals surface area contributed by atoms with Crippen LogP contribution in [0.3, 0.4) is 0 Å². The van der Waals surface area contributed by atoms with Crippen LogP contribution in [0.5, 0.6) is 11.5 Å². The van der Waals surface area contributed by atoms with Gasteiger partial charge in [-0.2, -0.15) is 0 Å². The number of Topliss-reactive ketones (excluding diaryl/α,β-unsaturated/α-hetero) is 1. The van der Waals surface area contributed by atoms with Crippen molar-refractivity contribution in [1.29, 1.82) is 0 Å². The lowest BCUT2D eigenvalue weighted by Crippen LogP contribution is -2.31. The summed E-state index contributed by atoms with van der Waals surface area (Å²) in [4.78, 5) is 24.1. The normalized spacial score (nSPS) is 20.1. The number of aliphatic carboxylic acids is 1. The van der Waals surface area contributed by atoms with Gasteiger partial charge < -0.3 is 14.6 Å². The van der Waals surface area contributed by atoms with Crippen molar-refractivity contribution < 1.29 is 24.2 Å². The Hall–Kier alpha value is -2.30. The van der Waals surface area contributed by atoms with Crippen molar-refractivity contribution in [3.05, 3.63) is 35.9 Å². The Morgan fingerprint density at radius 2 is 1.65 bits per heavy atom. The number of benzene rings is 1. The average Bonchev–Trinajstić information content (AvgIpc) is 2.56. The minimum atomic E-state index is -0.927. The summed E-state index contributed by atoms with van der Waals surface area (Å²) in [6.45, 7) is 4.70. The van der Waals surface area contributed by atoms with Gasteiger partial charge in [-0.15, -0.1) is 0 Å². The van der Waals surface area contributed by atoms with Crippen molar-refractivity contribution in [2.45, 2.75) is 26.7 Å². The molecule has 0 saturated heterocycles. The molecule has 0 unspecified atom stereocenters. The van der Waals surface area contributed by atoms with Gasteiger partial charge in [0.2, 0.25) is 0 Å². The fraction of sp³-hybridized carbons (Fsp3) is 0.444. The fourth-order valence-electron chi connectivity index (χ4n) is 2.80. The summed E-state index contributed by atoms with van der Waals surface area (Å²) < 4.78 is 11.0. The average molecular weight is 318 g/mol. The Labute approximate surface area is 135 Å². The number of carboxylic acids is 1. The second-order valence-electron chi connectivity index (χ2n) is 5.39. The van der Waals surface area contributed by atoms with Crippen LogP contribution in [0.25, 0.3) is 0 Å². The van der Waals surface area contributed by atoms with Crippen LogP contribution in [0.1, 0.15) is 37.0 Å². The van der Waals surface area contributed by atoms with E-state index in [0.29, 0.717) is 43.1 Å². The first-order chi connectivity index (χ1) is 11.1. The first-order valence-electron chi connectivity index (χ1n) is 7.90. The highest BCUT2D eigenvalue weighted by Gasteiger charge is 2.34. The highest BCUT2D eigenvalue weighted by molar-refractivity contribution is 6.00. The molecule has 0 amide bonds. The van der Waals surface area contributed by atoms with Gasteiger partial charge >= 0.3 is 5.97 Å². The van der Waals surface area contributed by atoms with E-state index in [1.807, 2.05) is 26.0 Å².